The molecule has 1 aliphatic rings. The Labute approximate surface area is 111 Å². The highest BCUT2D eigenvalue weighted by Gasteiger charge is 2.25. The summed E-state index contributed by atoms with van der Waals surface area (Å²) >= 11 is 3.48. The maximum absolute atomic E-state index is 7.70. The number of nitrogens with zero attached hydrogens (tertiary/aromatic N) is 1. The van der Waals surface area contributed by atoms with Crippen molar-refractivity contribution in [2.45, 2.75) is 19.8 Å². The van der Waals surface area contributed by atoms with Gasteiger partial charge in [0.15, 0.2) is 0 Å². The number of nitrogen functional groups attached to an aromatic ring is 1. The second-order valence-electron chi connectivity index (χ2n) is 4.53. The van der Waals surface area contributed by atoms with Crippen LogP contribution in [0, 0.1) is 11.3 Å². The third kappa shape index (κ3) is 2.80. The smallest absolute Gasteiger partial charge is 0.126 e. The van der Waals surface area contributed by atoms with Crippen LogP contribution >= 0.6 is 15.9 Å². The van der Waals surface area contributed by atoms with Crippen LogP contribution in [0.15, 0.2) is 22.7 Å². The van der Waals surface area contributed by atoms with Crippen molar-refractivity contribution in [3.8, 4) is 0 Å². The van der Waals surface area contributed by atoms with Crippen molar-refractivity contribution in [3.63, 3.8) is 0 Å². The molecule has 1 aromatic carbocycles. The largest absolute Gasteiger partial charge is 0.384 e. The fraction of sp³-hybridized carbons (Fsp3) is 0.462. The van der Waals surface area contributed by atoms with Gasteiger partial charge in [-0.25, -0.2) is 0 Å². The molecule has 1 aliphatic carbocycles. The number of halogens is 1. The molecule has 92 valence electrons. The summed E-state index contributed by atoms with van der Waals surface area (Å²) < 4.78 is 0.900. The van der Waals surface area contributed by atoms with Gasteiger partial charge in [0.1, 0.15) is 5.84 Å². The highest BCUT2D eigenvalue weighted by atomic mass is 79.9. The molecule has 0 radical (unpaired) electrons. The van der Waals surface area contributed by atoms with Gasteiger partial charge in [0.25, 0.3) is 0 Å². The molecule has 0 amide bonds. The van der Waals surface area contributed by atoms with Gasteiger partial charge >= 0.3 is 0 Å². The lowest BCUT2D eigenvalue weighted by molar-refractivity contribution is 0.741. The lowest BCUT2D eigenvalue weighted by Crippen LogP contribution is -2.28. The van der Waals surface area contributed by atoms with Crippen LogP contribution in [0.25, 0.3) is 0 Å². The summed E-state index contributed by atoms with van der Waals surface area (Å²) in [6, 6.07) is 5.99. The predicted molar refractivity (Wildman–Crippen MR) is 75.8 cm³/mol. The summed E-state index contributed by atoms with van der Waals surface area (Å²) in [7, 11) is 0. The van der Waals surface area contributed by atoms with Gasteiger partial charge in [-0.15, -0.1) is 0 Å². The molecule has 3 N–H and O–H groups in total. The first kappa shape index (κ1) is 12.4. The minimum absolute atomic E-state index is 0.127. The number of anilines is 1. The van der Waals surface area contributed by atoms with Gasteiger partial charge in [-0.3, -0.25) is 5.41 Å². The van der Waals surface area contributed by atoms with Crippen LogP contribution in [-0.2, 0) is 0 Å². The zero-order valence-corrected chi connectivity index (χ0v) is 11.6. The van der Waals surface area contributed by atoms with Crippen molar-refractivity contribution < 1.29 is 0 Å². The monoisotopic (exact) mass is 295 g/mol. The molecule has 0 heterocycles. The van der Waals surface area contributed by atoms with Gasteiger partial charge in [-0.05, 0) is 53.7 Å². The highest BCUT2D eigenvalue weighted by molar-refractivity contribution is 9.10. The number of amidine groups is 1. The van der Waals surface area contributed by atoms with Crippen molar-refractivity contribution in [2.75, 3.05) is 18.0 Å². The lowest BCUT2D eigenvalue weighted by Gasteiger charge is -2.26. The average molecular weight is 296 g/mol. The van der Waals surface area contributed by atoms with E-state index in [1.54, 1.807) is 0 Å². The quantitative estimate of drug-likeness (QED) is 0.648. The van der Waals surface area contributed by atoms with E-state index >= 15 is 0 Å². The van der Waals surface area contributed by atoms with Crippen molar-refractivity contribution in [1.29, 1.82) is 5.41 Å². The summed E-state index contributed by atoms with van der Waals surface area (Å²) in [6.07, 6.45) is 2.67. The van der Waals surface area contributed by atoms with Crippen molar-refractivity contribution in [3.05, 3.63) is 28.2 Å². The Bertz CT molecular complexity index is 427. The molecule has 0 aliphatic heterocycles. The first-order valence-electron chi connectivity index (χ1n) is 6.01. The molecule has 17 heavy (non-hydrogen) atoms. The van der Waals surface area contributed by atoms with Crippen molar-refractivity contribution >= 4 is 27.5 Å². The topological polar surface area (TPSA) is 53.1 Å². The van der Waals surface area contributed by atoms with Crippen molar-refractivity contribution in [2.24, 2.45) is 11.7 Å². The Balaban J connectivity index is 2.33. The van der Waals surface area contributed by atoms with E-state index in [4.69, 9.17) is 11.1 Å². The third-order valence-corrected chi connectivity index (χ3v) is 3.82. The summed E-state index contributed by atoms with van der Waals surface area (Å²) in [4.78, 5) is 2.32. The van der Waals surface area contributed by atoms with E-state index in [0.717, 1.165) is 34.7 Å². The Morgan fingerprint density at radius 1 is 1.53 bits per heavy atom. The number of hydrogen-bond acceptors (Lipinski definition) is 2. The zero-order valence-electron chi connectivity index (χ0n) is 10.0. The Hall–Kier alpha value is -1.03. The minimum atomic E-state index is 0.127. The molecule has 2 rings (SSSR count). The molecular weight excluding hydrogens is 278 g/mol. The highest BCUT2D eigenvalue weighted by Crippen LogP contribution is 2.33. The van der Waals surface area contributed by atoms with E-state index in [2.05, 4.69) is 27.8 Å². The summed E-state index contributed by atoms with van der Waals surface area (Å²) in [5.74, 6) is 0.954. The predicted octanol–water partition coefficient (Wildman–Crippen LogP) is 2.97. The molecule has 0 unspecified atom stereocenters. The van der Waals surface area contributed by atoms with E-state index in [9.17, 15) is 0 Å². The Morgan fingerprint density at radius 3 is 2.76 bits per heavy atom. The van der Waals surface area contributed by atoms with Crippen LogP contribution in [0.1, 0.15) is 25.3 Å². The number of nitrogens with one attached hydrogen (secondary N) is 1. The second kappa shape index (κ2) is 5.08. The molecule has 3 nitrogen and oxygen atoms in total. The van der Waals surface area contributed by atoms with E-state index in [-0.39, 0.29) is 5.84 Å². The molecule has 0 bridgehead atoms. The minimum Gasteiger partial charge on any atom is -0.384 e. The molecule has 0 spiro atoms. The summed E-state index contributed by atoms with van der Waals surface area (Å²) in [5.41, 5.74) is 7.57. The number of nitrogens with two attached hydrogens (primary N) is 1. The van der Waals surface area contributed by atoms with Crippen LogP contribution in [0.2, 0.25) is 0 Å². The molecule has 4 heteroatoms. The van der Waals surface area contributed by atoms with E-state index < -0.39 is 0 Å². The maximum Gasteiger partial charge on any atom is 0.126 e. The number of hydrogen-bond donors (Lipinski definition) is 2. The van der Waals surface area contributed by atoms with Gasteiger partial charge in [0.05, 0.1) is 5.56 Å². The summed E-state index contributed by atoms with van der Waals surface area (Å²) in [6.45, 7) is 4.17. The molecular formula is C13H18BrN3. The SMILES string of the molecule is CCN(CC1CC1)c1cccc(Br)c1C(=N)N. The van der Waals surface area contributed by atoms with Gasteiger partial charge in [0, 0.05) is 23.2 Å². The van der Waals surface area contributed by atoms with Crippen LogP contribution in [0.3, 0.4) is 0 Å². The summed E-state index contributed by atoms with van der Waals surface area (Å²) in [5, 5.41) is 7.70. The molecule has 0 aromatic heterocycles. The van der Waals surface area contributed by atoms with E-state index in [1.165, 1.54) is 12.8 Å². The Morgan fingerprint density at radius 2 is 2.24 bits per heavy atom. The average Bonchev–Trinajstić information content (AvgIpc) is 3.08. The fourth-order valence-electron chi connectivity index (χ4n) is 2.05. The van der Waals surface area contributed by atoms with Gasteiger partial charge in [-0.2, -0.15) is 0 Å². The van der Waals surface area contributed by atoms with Crippen LogP contribution in [0.5, 0.6) is 0 Å². The van der Waals surface area contributed by atoms with Gasteiger partial charge in [-0.1, -0.05) is 6.07 Å². The lowest BCUT2D eigenvalue weighted by atomic mass is 10.1. The maximum atomic E-state index is 7.70. The first-order chi connectivity index (χ1) is 8.13. The van der Waals surface area contributed by atoms with E-state index in [1.807, 2.05) is 18.2 Å². The molecule has 1 saturated carbocycles. The standard InChI is InChI=1S/C13H18BrN3/c1-2-17(8-9-6-7-9)11-5-3-4-10(14)12(11)13(15)16/h3-5,9H,2,6-8H2,1H3,(H3,15,16). The van der Waals surface area contributed by atoms with Crippen molar-refractivity contribution in [1.82, 2.24) is 0 Å². The van der Waals surface area contributed by atoms with Crippen LogP contribution in [0.4, 0.5) is 5.69 Å². The molecule has 0 saturated heterocycles. The Kier molecular flexibility index (Phi) is 3.72. The third-order valence-electron chi connectivity index (χ3n) is 3.16. The van der Waals surface area contributed by atoms with Gasteiger partial charge in [0.2, 0.25) is 0 Å². The fourth-order valence-corrected chi connectivity index (χ4v) is 2.62. The van der Waals surface area contributed by atoms with Crippen LogP contribution < -0.4 is 10.6 Å². The molecule has 0 atom stereocenters. The second-order valence-corrected chi connectivity index (χ2v) is 5.38. The number of rotatable bonds is 5. The first-order valence-corrected chi connectivity index (χ1v) is 6.80. The molecule has 1 aromatic rings. The number of benzene rings is 1. The van der Waals surface area contributed by atoms with Gasteiger partial charge < -0.3 is 10.6 Å². The molecule has 1 fully saturated rings. The zero-order chi connectivity index (χ0) is 12.4. The normalized spacial score (nSPS) is 14.7. The van der Waals surface area contributed by atoms with E-state index in [0.29, 0.717) is 0 Å². The van der Waals surface area contributed by atoms with Crippen LogP contribution in [-0.4, -0.2) is 18.9 Å².